The summed E-state index contributed by atoms with van der Waals surface area (Å²) in [6, 6.07) is 14.2. The van der Waals surface area contributed by atoms with E-state index in [-0.39, 0.29) is 16.8 Å². The first-order valence-corrected chi connectivity index (χ1v) is 10.8. The molecular formula is C21H26N2O3S. The molecule has 1 saturated carbocycles. The standard InChI is InChI=1S/C21H26N2O3S/c1-4-16(3)22-20(24)21(13-14-21)17-9-11-18(12-10-17)23-27(25,26)19-8-6-5-7-15(19)2/h5-12,16,23H,4,13-14H2,1-3H3,(H,22,24)/t16-/m1/s1. The molecule has 2 aromatic rings. The van der Waals surface area contributed by atoms with E-state index in [1.165, 1.54) is 0 Å². The van der Waals surface area contributed by atoms with E-state index in [2.05, 4.69) is 10.0 Å². The Bertz CT molecular complexity index is 932. The quantitative estimate of drug-likeness (QED) is 0.761. The zero-order chi connectivity index (χ0) is 19.7. The summed E-state index contributed by atoms with van der Waals surface area (Å²) in [5.74, 6) is 0.0603. The molecule has 0 aromatic heterocycles. The Labute approximate surface area is 161 Å². The van der Waals surface area contributed by atoms with Gasteiger partial charge in [0.1, 0.15) is 0 Å². The molecule has 0 unspecified atom stereocenters. The minimum absolute atomic E-state index is 0.0603. The monoisotopic (exact) mass is 386 g/mol. The van der Waals surface area contributed by atoms with Gasteiger partial charge in [-0.2, -0.15) is 0 Å². The topological polar surface area (TPSA) is 75.3 Å². The fourth-order valence-corrected chi connectivity index (χ4v) is 4.47. The van der Waals surface area contributed by atoms with Gasteiger partial charge in [0.15, 0.2) is 0 Å². The fraction of sp³-hybridized carbons (Fsp3) is 0.381. The molecule has 1 atom stereocenters. The van der Waals surface area contributed by atoms with Crippen LogP contribution in [0.1, 0.15) is 44.2 Å². The highest BCUT2D eigenvalue weighted by Crippen LogP contribution is 2.48. The van der Waals surface area contributed by atoms with Crippen molar-refractivity contribution in [3.8, 4) is 0 Å². The van der Waals surface area contributed by atoms with Crippen molar-refractivity contribution in [1.29, 1.82) is 0 Å². The van der Waals surface area contributed by atoms with Gasteiger partial charge in [-0.15, -0.1) is 0 Å². The van der Waals surface area contributed by atoms with Crippen molar-refractivity contribution in [2.45, 2.75) is 56.4 Å². The molecule has 0 spiro atoms. The van der Waals surface area contributed by atoms with E-state index in [9.17, 15) is 13.2 Å². The van der Waals surface area contributed by atoms with E-state index in [0.29, 0.717) is 11.3 Å². The maximum Gasteiger partial charge on any atom is 0.262 e. The summed E-state index contributed by atoms with van der Waals surface area (Å²) in [6.45, 7) is 5.81. The summed E-state index contributed by atoms with van der Waals surface area (Å²) >= 11 is 0. The maximum atomic E-state index is 12.6. The van der Waals surface area contributed by atoms with Gasteiger partial charge < -0.3 is 5.32 Å². The molecule has 0 heterocycles. The predicted octanol–water partition coefficient (Wildman–Crippen LogP) is 3.74. The number of rotatable bonds is 7. The maximum absolute atomic E-state index is 12.6. The molecule has 5 nitrogen and oxygen atoms in total. The van der Waals surface area contributed by atoms with Crippen molar-refractivity contribution in [3.63, 3.8) is 0 Å². The molecule has 144 valence electrons. The minimum Gasteiger partial charge on any atom is -0.353 e. The summed E-state index contributed by atoms with van der Waals surface area (Å²) in [7, 11) is -3.64. The first-order chi connectivity index (χ1) is 12.8. The van der Waals surface area contributed by atoms with Gasteiger partial charge in [-0.05, 0) is 62.4 Å². The largest absolute Gasteiger partial charge is 0.353 e. The molecule has 1 aliphatic rings. The molecule has 27 heavy (non-hydrogen) atoms. The van der Waals surface area contributed by atoms with Crippen molar-refractivity contribution in [2.24, 2.45) is 0 Å². The van der Waals surface area contributed by atoms with Crippen LogP contribution in [0.2, 0.25) is 0 Å². The highest BCUT2D eigenvalue weighted by atomic mass is 32.2. The van der Waals surface area contributed by atoms with E-state index in [0.717, 1.165) is 24.8 Å². The number of benzene rings is 2. The van der Waals surface area contributed by atoms with E-state index < -0.39 is 15.4 Å². The average molecular weight is 387 g/mol. The molecule has 0 saturated heterocycles. The average Bonchev–Trinajstić information content (AvgIpc) is 3.44. The number of carbonyl (C=O) groups is 1. The van der Waals surface area contributed by atoms with Crippen LogP contribution in [0, 0.1) is 6.92 Å². The van der Waals surface area contributed by atoms with Crippen LogP contribution >= 0.6 is 0 Å². The summed E-state index contributed by atoms with van der Waals surface area (Å²) in [6.07, 6.45) is 2.54. The first-order valence-electron chi connectivity index (χ1n) is 9.28. The van der Waals surface area contributed by atoms with Crippen molar-refractivity contribution in [1.82, 2.24) is 5.32 Å². The molecule has 0 bridgehead atoms. The van der Waals surface area contributed by atoms with E-state index in [1.807, 2.05) is 32.0 Å². The van der Waals surface area contributed by atoms with Crippen LogP contribution in [0.5, 0.6) is 0 Å². The lowest BCUT2D eigenvalue weighted by molar-refractivity contribution is -0.124. The first kappa shape index (κ1) is 19.4. The highest BCUT2D eigenvalue weighted by molar-refractivity contribution is 7.92. The summed E-state index contributed by atoms with van der Waals surface area (Å²) in [5.41, 5.74) is 1.65. The Morgan fingerprint density at radius 3 is 2.30 bits per heavy atom. The Morgan fingerprint density at radius 2 is 1.74 bits per heavy atom. The van der Waals surface area contributed by atoms with Gasteiger partial charge in [-0.3, -0.25) is 9.52 Å². The lowest BCUT2D eigenvalue weighted by Crippen LogP contribution is -2.39. The zero-order valence-corrected chi connectivity index (χ0v) is 16.8. The normalized spacial score (nSPS) is 16.4. The molecule has 0 aliphatic heterocycles. The number of carbonyl (C=O) groups excluding carboxylic acids is 1. The molecule has 1 aliphatic carbocycles. The molecule has 6 heteroatoms. The van der Waals surface area contributed by atoms with Gasteiger partial charge in [0, 0.05) is 11.7 Å². The van der Waals surface area contributed by atoms with Crippen LogP contribution in [0.15, 0.2) is 53.4 Å². The Morgan fingerprint density at radius 1 is 1.11 bits per heavy atom. The van der Waals surface area contributed by atoms with Crippen LogP contribution in [0.4, 0.5) is 5.69 Å². The van der Waals surface area contributed by atoms with Crippen molar-refractivity contribution >= 4 is 21.6 Å². The third kappa shape index (κ3) is 4.00. The second-order valence-electron chi connectivity index (χ2n) is 7.31. The number of aryl methyl sites for hydroxylation is 1. The van der Waals surface area contributed by atoms with Crippen LogP contribution in [-0.2, 0) is 20.2 Å². The second-order valence-corrected chi connectivity index (χ2v) is 8.96. The van der Waals surface area contributed by atoms with Gasteiger partial charge in [0.25, 0.3) is 10.0 Å². The molecule has 2 N–H and O–H groups in total. The molecule has 3 rings (SSSR count). The summed E-state index contributed by atoms with van der Waals surface area (Å²) < 4.78 is 27.8. The zero-order valence-electron chi connectivity index (χ0n) is 16.0. The number of hydrogen-bond donors (Lipinski definition) is 2. The van der Waals surface area contributed by atoms with E-state index in [1.54, 1.807) is 37.3 Å². The smallest absolute Gasteiger partial charge is 0.262 e. The van der Waals surface area contributed by atoms with Crippen LogP contribution in [0.3, 0.4) is 0 Å². The predicted molar refractivity (Wildman–Crippen MR) is 107 cm³/mol. The summed E-state index contributed by atoms with van der Waals surface area (Å²) in [4.78, 5) is 12.9. The lowest BCUT2D eigenvalue weighted by atomic mass is 9.94. The summed E-state index contributed by atoms with van der Waals surface area (Å²) in [5, 5.41) is 3.06. The third-order valence-electron chi connectivity index (χ3n) is 5.25. The van der Waals surface area contributed by atoms with Crippen molar-refractivity contribution in [2.75, 3.05) is 4.72 Å². The van der Waals surface area contributed by atoms with Crippen LogP contribution in [0.25, 0.3) is 0 Å². The van der Waals surface area contributed by atoms with Gasteiger partial charge >= 0.3 is 0 Å². The molecule has 1 fully saturated rings. The van der Waals surface area contributed by atoms with E-state index in [4.69, 9.17) is 0 Å². The molecule has 2 aromatic carbocycles. The van der Waals surface area contributed by atoms with Crippen molar-refractivity contribution < 1.29 is 13.2 Å². The second kappa shape index (κ2) is 7.35. The van der Waals surface area contributed by atoms with Crippen LogP contribution in [-0.4, -0.2) is 20.4 Å². The number of anilines is 1. The SMILES string of the molecule is CC[C@@H](C)NC(=O)C1(c2ccc(NS(=O)(=O)c3ccccc3C)cc2)CC1. The van der Waals surface area contributed by atoms with Gasteiger partial charge in [-0.1, -0.05) is 37.3 Å². The molecular weight excluding hydrogens is 360 g/mol. The lowest BCUT2D eigenvalue weighted by Gasteiger charge is -2.19. The van der Waals surface area contributed by atoms with E-state index >= 15 is 0 Å². The van der Waals surface area contributed by atoms with Crippen LogP contribution < -0.4 is 10.0 Å². The van der Waals surface area contributed by atoms with Crippen molar-refractivity contribution in [3.05, 3.63) is 59.7 Å². The Kier molecular flexibility index (Phi) is 5.29. The number of hydrogen-bond acceptors (Lipinski definition) is 3. The van der Waals surface area contributed by atoms with Gasteiger partial charge in [-0.25, -0.2) is 8.42 Å². The molecule has 0 radical (unpaired) electrons. The highest BCUT2D eigenvalue weighted by Gasteiger charge is 2.51. The third-order valence-corrected chi connectivity index (χ3v) is 6.79. The fourth-order valence-electron chi connectivity index (χ4n) is 3.16. The number of amides is 1. The number of nitrogens with one attached hydrogen (secondary N) is 2. The Balaban J connectivity index is 1.76. The van der Waals surface area contributed by atoms with Gasteiger partial charge in [0.05, 0.1) is 10.3 Å². The Hall–Kier alpha value is -2.34. The molecule has 1 amide bonds. The van der Waals surface area contributed by atoms with Gasteiger partial charge in [0.2, 0.25) is 5.91 Å². The number of sulfonamides is 1. The minimum atomic E-state index is -3.64.